The van der Waals surface area contributed by atoms with E-state index in [4.69, 9.17) is 10.00 Å². The minimum atomic E-state index is -0.336. The van der Waals surface area contributed by atoms with Crippen molar-refractivity contribution in [2.45, 2.75) is 0 Å². The second-order valence-electron chi connectivity index (χ2n) is 3.04. The molecule has 0 aromatic carbocycles. The average Bonchev–Trinajstić information content (AvgIpc) is 2.96. The van der Waals surface area contributed by atoms with Gasteiger partial charge in [-0.3, -0.25) is 9.89 Å². The molecule has 2 rings (SSSR count). The zero-order valence-electron chi connectivity index (χ0n) is 8.85. The summed E-state index contributed by atoms with van der Waals surface area (Å²) in [5.74, 6) is 0.455. The number of anilines is 1. The lowest BCUT2D eigenvalue weighted by Crippen LogP contribution is -2.12. The van der Waals surface area contributed by atoms with E-state index in [0.29, 0.717) is 10.6 Å². The van der Waals surface area contributed by atoms with E-state index in [1.54, 1.807) is 11.4 Å². The maximum atomic E-state index is 11.9. The number of nitrogens with one attached hydrogen (secondary N) is 2. The Morgan fingerprint density at radius 3 is 3.24 bits per heavy atom. The lowest BCUT2D eigenvalue weighted by Gasteiger charge is -2.03. The number of hydrogen-bond acceptors (Lipinski definition) is 5. The number of nitriles is 1. The third kappa shape index (κ3) is 2.11. The van der Waals surface area contributed by atoms with Gasteiger partial charge in [0.2, 0.25) is 0 Å². The Morgan fingerprint density at radius 2 is 2.53 bits per heavy atom. The molecule has 2 heterocycles. The third-order valence-corrected chi connectivity index (χ3v) is 2.95. The fourth-order valence-corrected chi connectivity index (χ4v) is 2.01. The van der Waals surface area contributed by atoms with Crippen molar-refractivity contribution in [1.29, 1.82) is 5.26 Å². The van der Waals surface area contributed by atoms with Crippen LogP contribution in [0.25, 0.3) is 0 Å². The van der Waals surface area contributed by atoms with Gasteiger partial charge in [0.1, 0.15) is 28.1 Å². The molecule has 17 heavy (non-hydrogen) atoms. The summed E-state index contributed by atoms with van der Waals surface area (Å²) in [6, 6.07) is 3.62. The number of ether oxygens (including phenoxy) is 1. The minimum absolute atomic E-state index is 0.285. The highest BCUT2D eigenvalue weighted by molar-refractivity contribution is 7.12. The van der Waals surface area contributed by atoms with Crippen molar-refractivity contribution in [2.24, 2.45) is 0 Å². The van der Waals surface area contributed by atoms with Crippen molar-refractivity contribution in [3.63, 3.8) is 0 Å². The lowest BCUT2D eigenvalue weighted by atomic mass is 10.3. The highest BCUT2D eigenvalue weighted by atomic mass is 32.1. The Balaban J connectivity index is 2.21. The van der Waals surface area contributed by atoms with Gasteiger partial charge in [0.15, 0.2) is 0 Å². The molecule has 0 aliphatic carbocycles. The average molecular weight is 248 g/mol. The van der Waals surface area contributed by atoms with E-state index >= 15 is 0 Å². The molecule has 0 saturated carbocycles. The van der Waals surface area contributed by atoms with Crippen LogP contribution in [0.3, 0.4) is 0 Å². The molecule has 7 heteroatoms. The minimum Gasteiger partial charge on any atom is -0.495 e. The number of H-pyrrole nitrogens is 1. The maximum Gasteiger partial charge on any atom is 0.270 e. The van der Waals surface area contributed by atoms with Gasteiger partial charge in [0.05, 0.1) is 13.3 Å². The zero-order valence-corrected chi connectivity index (χ0v) is 9.67. The molecule has 0 aliphatic rings. The molecule has 2 aromatic heterocycles. The summed E-state index contributed by atoms with van der Waals surface area (Å²) in [5.41, 5.74) is 0.286. The highest BCUT2D eigenvalue weighted by Gasteiger charge is 2.16. The summed E-state index contributed by atoms with van der Waals surface area (Å²) in [6.45, 7) is 0. The van der Waals surface area contributed by atoms with Gasteiger partial charge in [-0.2, -0.15) is 10.4 Å². The van der Waals surface area contributed by atoms with Crippen LogP contribution in [0.4, 0.5) is 5.82 Å². The largest absolute Gasteiger partial charge is 0.495 e. The molecule has 2 aromatic rings. The zero-order chi connectivity index (χ0) is 12.3. The molecule has 2 N–H and O–H groups in total. The van der Waals surface area contributed by atoms with Gasteiger partial charge < -0.3 is 10.1 Å². The van der Waals surface area contributed by atoms with Gasteiger partial charge in [0, 0.05) is 0 Å². The molecule has 0 spiro atoms. The third-order valence-electron chi connectivity index (χ3n) is 2.05. The van der Waals surface area contributed by atoms with E-state index in [1.165, 1.54) is 24.6 Å². The van der Waals surface area contributed by atoms with E-state index in [-0.39, 0.29) is 17.3 Å². The second kappa shape index (κ2) is 4.67. The molecule has 0 aliphatic heterocycles. The first-order chi connectivity index (χ1) is 8.26. The van der Waals surface area contributed by atoms with Crippen LogP contribution < -0.4 is 10.1 Å². The van der Waals surface area contributed by atoms with Crippen molar-refractivity contribution in [2.75, 3.05) is 12.4 Å². The smallest absolute Gasteiger partial charge is 0.270 e. The number of amides is 1. The molecule has 1 amide bonds. The molecule has 0 saturated heterocycles. The first-order valence-electron chi connectivity index (χ1n) is 4.62. The number of methoxy groups -OCH3 is 1. The Labute approximate surface area is 101 Å². The molecule has 0 bridgehead atoms. The Bertz CT molecular complexity index is 581. The Kier molecular flexibility index (Phi) is 3.07. The maximum absolute atomic E-state index is 11.9. The van der Waals surface area contributed by atoms with Crippen LogP contribution in [-0.2, 0) is 0 Å². The standard InChI is InChI=1S/C10H8N4O2S/c1-16-7-2-3-17-8(7)10(15)13-9-6(4-11)5-12-14-9/h2-3,5H,1H3,(H2,12,13,14,15). The number of aromatic amines is 1. The number of hydrogen-bond donors (Lipinski definition) is 2. The molecule has 0 fully saturated rings. The SMILES string of the molecule is COc1ccsc1C(=O)Nc1[nH]ncc1C#N. The topological polar surface area (TPSA) is 90.8 Å². The molecule has 86 valence electrons. The van der Waals surface area contributed by atoms with Crippen LogP contribution in [0.5, 0.6) is 5.75 Å². The molecule has 0 radical (unpaired) electrons. The summed E-state index contributed by atoms with van der Waals surface area (Å²) in [5, 5.41) is 19.3. The van der Waals surface area contributed by atoms with Crippen molar-refractivity contribution < 1.29 is 9.53 Å². The van der Waals surface area contributed by atoms with Crippen LogP contribution in [0.2, 0.25) is 0 Å². The van der Waals surface area contributed by atoms with Gasteiger partial charge >= 0.3 is 0 Å². The van der Waals surface area contributed by atoms with Crippen LogP contribution in [0.15, 0.2) is 17.6 Å². The fourth-order valence-electron chi connectivity index (χ4n) is 1.26. The van der Waals surface area contributed by atoms with Crippen LogP contribution >= 0.6 is 11.3 Å². The summed E-state index contributed by atoms with van der Waals surface area (Å²) in [6.07, 6.45) is 1.35. The quantitative estimate of drug-likeness (QED) is 0.863. The van der Waals surface area contributed by atoms with Crippen LogP contribution in [-0.4, -0.2) is 23.2 Å². The predicted octanol–water partition coefficient (Wildman–Crippen LogP) is 1.60. The monoisotopic (exact) mass is 248 g/mol. The van der Waals surface area contributed by atoms with Gasteiger partial charge in [-0.1, -0.05) is 0 Å². The van der Waals surface area contributed by atoms with Crippen molar-refractivity contribution in [3.05, 3.63) is 28.1 Å². The summed E-state index contributed by atoms with van der Waals surface area (Å²) < 4.78 is 5.04. The summed E-state index contributed by atoms with van der Waals surface area (Å²) in [4.78, 5) is 12.3. The van der Waals surface area contributed by atoms with Crippen molar-refractivity contribution >= 4 is 23.1 Å². The number of carbonyl (C=O) groups excluding carboxylic acids is 1. The molecular weight excluding hydrogens is 240 g/mol. The number of rotatable bonds is 3. The first kappa shape index (κ1) is 11.2. The number of thiophene rings is 1. The number of nitrogens with zero attached hydrogens (tertiary/aromatic N) is 2. The number of aromatic nitrogens is 2. The molecule has 0 unspecified atom stereocenters. The fraction of sp³-hybridized carbons (Fsp3) is 0.100. The second-order valence-corrected chi connectivity index (χ2v) is 3.96. The molecular formula is C10H8N4O2S. The highest BCUT2D eigenvalue weighted by Crippen LogP contribution is 2.25. The van der Waals surface area contributed by atoms with Crippen LogP contribution in [0, 0.1) is 11.3 Å². The van der Waals surface area contributed by atoms with E-state index in [1.807, 2.05) is 6.07 Å². The van der Waals surface area contributed by atoms with Crippen molar-refractivity contribution in [3.8, 4) is 11.8 Å². The Morgan fingerprint density at radius 1 is 1.71 bits per heavy atom. The van der Waals surface area contributed by atoms with E-state index < -0.39 is 0 Å². The molecule has 0 atom stereocenters. The van der Waals surface area contributed by atoms with Gasteiger partial charge in [-0.15, -0.1) is 11.3 Å². The summed E-state index contributed by atoms with van der Waals surface area (Å²) in [7, 11) is 1.50. The number of carbonyl (C=O) groups is 1. The summed E-state index contributed by atoms with van der Waals surface area (Å²) >= 11 is 1.26. The van der Waals surface area contributed by atoms with E-state index in [2.05, 4.69) is 15.5 Å². The van der Waals surface area contributed by atoms with Crippen molar-refractivity contribution in [1.82, 2.24) is 10.2 Å². The van der Waals surface area contributed by atoms with Gasteiger partial charge in [0.25, 0.3) is 5.91 Å². The van der Waals surface area contributed by atoms with Crippen LogP contribution in [0.1, 0.15) is 15.2 Å². The normalized spacial score (nSPS) is 9.65. The predicted molar refractivity (Wildman–Crippen MR) is 62.1 cm³/mol. The van der Waals surface area contributed by atoms with Gasteiger partial charge in [-0.25, -0.2) is 0 Å². The Hall–Kier alpha value is -2.33. The first-order valence-corrected chi connectivity index (χ1v) is 5.50. The van der Waals surface area contributed by atoms with E-state index in [9.17, 15) is 4.79 Å². The van der Waals surface area contributed by atoms with E-state index in [0.717, 1.165) is 0 Å². The van der Waals surface area contributed by atoms with Gasteiger partial charge in [-0.05, 0) is 11.4 Å². The molecule has 6 nitrogen and oxygen atoms in total. The lowest BCUT2D eigenvalue weighted by molar-refractivity contribution is 0.102.